The highest BCUT2D eigenvalue weighted by Gasteiger charge is 2.09. The van der Waals surface area contributed by atoms with Crippen LogP contribution >= 0.6 is 0 Å². The molecule has 0 atom stereocenters. The summed E-state index contributed by atoms with van der Waals surface area (Å²) in [5, 5.41) is 17.8. The third-order valence-corrected chi connectivity index (χ3v) is 3.11. The highest BCUT2D eigenvalue weighted by atomic mass is 16.1. The lowest BCUT2D eigenvalue weighted by Crippen LogP contribution is -2.16. The van der Waals surface area contributed by atoms with Crippen LogP contribution in [0.1, 0.15) is 35.3 Å². The van der Waals surface area contributed by atoms with Gasteiger partial charge in [0.25, 0.3) is 5.56 Å². The SMILES string of the molecule is C/C(=C/c1cc(C#N)n(C)c1)c1nc(C)c(C#N)c(=O)[nH]1. The van der Waals surface area contributed by atoms with E-state index in [1.54, 1.807) is 24.6 Å². The standard InChI is InChI=1S/C15H13N5O/c1-9(4-11-5-12(6-16)20(3)8-11)14-18-10(2)13(7-17)15(21)19-14/h4-5,8H,1-3H3,(H,18,19,21)/b9-4-. The number of hydrogen-bond donors (Lipinski definition) is 1. The molecule has 0 saturated heterocycles. The van der Waals surface area contributed by atoms with Crippen LogP contribution in [0.25, 0.3) is 11.6 Å². The highest BCUT2D eigenvalue weighted by molar-refractivity contribution is 5.77. The van der Waals surface area contributed by atoms with E-state index >= 15 is 0 Å². The number of aromatic nitrogens is 3. The lowest BCUT2D eigenvalue weighted by molar-refractivity contribution is 0.907. The zero-order chi connectivity index (χ0) is 15.6. The number of nitrogens with one attached hydrogen (secondary N) is 1. The molecule has 21 heavy (non-hydrogen) atoms. The van der Waals surface area contributed by atoms with E-state index in [9.17, 15) is 4.79 Å². The van der Waals surface area contributed by atoms with E-state index in [4.69, 9.17) is 10.5 Å². The second-order valence-electron chi connectivity index (χ2n) is 4.70. The number of nitriles is 2. The third kappa shape index (κ3) is 2.75. The number of aryl methyl sites for hydroxylation is 2. The van der Waals surface area contributed by atoms with Crippen molar-refractivity contribution in [2.24, 2.45) is 7.05 Å². The molecule has 2 aromatic heterocycles. The minimum absolute atomic E-state index is 0.0260. The summed E-state index contributed by atoms with van der Waals surface area (Å²) in [4.78, 5) is 18.6. The van der Waals surface area contributed by atoms with Crippen LogP contribution in [0.2, 0.25) is 0 Å². The van der Waals surface area contributed by atoms with Gasteiger partial charge in [0.1, 0.15) is 29.2 Å². The molecule has 0 saturated carbocycles. The summed E-state index contributed by atoms with van der Waals surface area (Å²) in [6.07, 6.45) is 3.64. The molecule has 0 aliphatic heterocycles. The molecule has 0 aliphatic rings. The fourth-order valence-electron chi connectivity index (χ4n) is 2.00. The Labute approximate surface area is 121 Å². The average molecular weight is 279 g/mol. The molecule has 0 aliphatic carbocycles. The van der Waals surface area contributed by atoms with Crippen molar-refractivity contribution in [3.05, 3.63) is 51.0 Å². The van der Waals surface area contributed by atoms with E-state index in [-0.39, 0.29) is 5.56 Å². The maximum atomic E-state index is 11.8. The number of rotatable bonds is 2. The Bertz CT molecular complexity index is 871. The number of aromatic amines is 1. The van der Waals surface area contributed by atoms with Crippen LogP contribution in [0.3, 0.4) is 0 Å². The normalized spacial score (nSPS) is 11.0. The Morgan fingerprint density at radius 2 is 2.14 bits per heavy atom. The summed E-state index contributed by atoms with van der Waals surface area (Å²) in [6, 6.07) is 5.67. The molecule has 104 valence electrons. The lowest BCUT2D eigenvalue weighted by Gasteiger charge is -2.03. The molecular weight excluding hydrogens is 266 g/mol. The molecule has 2 aromatic rings. The third-order valence-electron chi connectivity index (χ3n) is 3.11. The molecule has 0 unspecified atom stereocenters. The quantitative estimate of drug-likeness (QED) is 0.904. The summed E-state index contributed by atoms with van der Waals surface area (Å²) in [5.74, 6) is 0.416. The monoisotopic (exact) mass is 279 g/mol. The predicted octanol–water partition coefficient (Wildman–Crippen LogP) is 1.72. The van der Waals surface area contributed by atoms with Crippen molar-refractivity contribution >= 4 is 11.6 Å². The van der Waals surface area contributed by atoms with Crippen LogP contribution in [-0.2, 0) is 7.05 Å². The van der Waals surface area contributed by atoms with Crippen LogP contribution in [0, 0.1) is 29.6 Å². The van der Waals surface area contributed by atoms with Gasteiger partial charge in [0, 0.05) is 13.2 Å². The lowest BCUT2D eigenvalue weighted by atomic mass is 10.1. The van der Waals surface area contributed by atoms with Crippen molar-refractivity contribution in [2.45, 2.75) is 13.8 Å². The van der Waals surface area contributed by atoms with Gasteiger partial charge in [0.2, 0.25) is 0 Å². The summed E-state index contributed by atoms with van der Waals surface area (Å²) in [7, 11) is 1.79. The Kier molecular flexibility index (Phi) is 3.73. The Balaban J connectivity index is 2.47. The van der Waals surface area contributed by atoms with Gasteiger partial charge in [0.05, 0.1) is 5.69 Å². The van der Waals surface area contributed by atoms with Gasteiger partial charge in [-0.05, 0) is 37.1 Å². The van der Waals surface area contributed by atoms with Gasteiger partial charge in [-0.1, -0.05) is 0 Å². The molecule has 0 bridgehead atoms. The molecule has 2 heterocycles. The van der Waals surface area contributed by atoms with Crippen LogP contribution in [0.4, 0.5) is 0 Å². The van der Waals surface area contributed by atoms with Crippen molar-refractivity contribution in [2.75, 3.05) is 0 Å². The van der Waals surface area contributed by atoms with Gasteiger partial charge in [-0.2, -0.15) is 10.5 Å². The van der Waals surface area contributed by atoms with Crippen LogP contribution in [-0.4, -0.2) is 14.5 Å². The van der Waals surface area contributed by atoms with Crippen molar-refractivity contribution in [3.63, 3.8) is 0 Å². The second-order valence-corrected chi connectivity index (χ2v) is 4.70. The van der Waals surface area contributed by atoms with E-state index in [1.807, 2.05) is 25.3 Å². The largest absolute Gasteiger partial charge is 0.342 e. The van der Waals surface area contributed by atoms with Crippen LogP contribution < -0.4 is 5.56 Å². The van der Waals surface area contributed by atoms with Crippen molar-refractivity contribution in [1.29, 1.82) is 10.5 Å². The molecule has 0 aromatic carbocycles. The number of H-pyrrole nitrogens is 1. The van der Waals surface area contributed by atoms with E-state index in [0.29, 0.717) is 17.2 Å². The summed E-state index contributed by atoms with van der Waals surface area (Å²) in [6.45, 7) is 3.43. The van der Waals surface area contributed by atoms with Gasteiger partial charge in [-0.25, -0.2) is 4.98 Å². The van der Waals surface area contributed by atoms with E-state index in [2.05, 4.69) is 16.0 Å². The summed E-state index contributed by atoms with van der Waals surface area (Å²) in [5.41, 5.74) is 2.11. The summed E-state index contributed by atoms with van der Waals surface area (Å²) >= 11 is 0. The van der Waals surface area contributed by atoms with Crippen molar-refractivity contribution < 1.29 is 0 Å². The topological polar surface area (TPSA) is 98.3 Å². The van der Waals surface area contributed by atoms with E-state index < -0.39 is 5.56 Å². The Morgan fingerprint density at radius 1 is 1.43 bits per heavy atom. The predicted molar refractivity (Wildman–Crippen MR) is 78.0 cm³/mol. The molecule has 1 N–H and O–H groups in total. The smallest absolute Gasteiger partial charge is 0.269 e. The molecule has 2 rings (SSSR count). The van der Waals surface area contributed by atoms with Gasteiger partial charge < -0.3 is 9.55 Å². The number of hydrogen-bond acceptors (Lipinski definition) is 4. The molecule has 6 nitrogen and oxygen atoms in total. The fraction of sp³-hybridized carbons (Fsp3) is 0.200. The van der Waals surface area contributed by atoms with Gasteiger partial charge in [-0.3, -0.25) is 4.79 Å². The molecule has 0 fully saturated rings. The summed E-state index contributed by atoms with van der Waals surface area (Å²) < 4.78 is 1.72. The first-order chi connectivity index (χ1) is 9.96. The zero-order valence-corrected chi connectivity index (χ0v) is 11.9. The molecule has 0 amide bonds. The Morgan fingerprint density at radius 3 is 2.67 bits per heavy atom. The second kappa shape index (κ2) is 5.48. The zero-order valence-electron chi connectivity index (χ0n) is 11.9. The number of nitrogens with zero attached hydrogens (tertiary/aromatic N) is 4. The Hall–Kier alpha value is -3.12. The first-order valence-corrected chi connectivity index (χ1v) is 6.22. The van der Waals surface area contributed by atoms with Crippen LogP contribution in [0.15, 0.2) is 17.1 Å². The molecular formula is C15H13N5O. The minimum atomic E-state index is -0.446. The van der Waals surface area contributed by atoms with E-state index in [0.717, 1.165) is 11.1 Å². The van der Waals surface area contributed by atoms with Gasteiger partial charge >= 0.3 is 0 Å². The van der Waals surface area contributed by atoms with Crippen molar-refractivity contribution in [1.82, 2.24) is 14.5 Å². The molecule has 6 heteroatoms. The maximum Gasteiger partial charge on any atom is 0.269 e. The van der Waals surface area contributed by atoms with Gasteiger partial charge in [0.15, 0.2) is 0 Å². The number of allylic oxidation sites excluding steroid dienone is 1. The average Bonchev–Trinajstić information content (AvgIpc) is 2.78. The first kappa shape index (κ1) is 14.3. The maximum absolute atomic E-state index is 11.8. The van der Waals surface area contributed by atoms with Crippen LogP contribution in [0.5, 0.6) is 0 Å². The van der Waals surface area contributed by atoms with Gasteiger partial charge in [-0.15, -0.1) is 0 Å². The minimum Gasteiger partial charge on any atom is -0.342 e. The van der Waals surface area contributed by atoms with Crippen molar-refractivity contribution in [3.8, 4) is 12.1 Å². The fourth-order valence-corrected chi connectivity index (χ4v) is 2.00. The highest BCUT2D eigenvalue weighted by Crippen LogP contribution is 2.16. The van der Waals surface area contributed by atoms with E-state index in [1.165, 1.54) is 0 Å². The molecule has 0 spiro atoms. The first-order valence-electron chi connectivity index (χ1n) is 6.22. The molecule has 0 radical (unpaired) electrons.